The monoisotopic (exact) mass is 616 g/mol. The van der Waals surface area contributed by atoms with E-state index in [0.29, 0.717) is 18.8 Å². The highest BCUT2D eigenvalue weighted by Crippen LogP contribution is 2.39. The zero-order chi connectivity index (χ0) is 30.3. The molecular formula is C24H30ClF5N4O5S. The van der Waals surface area contributed by atoms with Gasteiger partial charge in [-0.3, -0.25) is 14.5 Å². The molecule has 2 heterocycles. The Labute approximate surface area is 236 Å². The Morgan fingerprint density at radius 2 is 1.93 bits per heavy atom. The molecule has 1 aliphatic carbocycles. The molecule has 1 fully saturated rings. The highest BCUT2D eigenvalue weighted by atomic mass is 35.5. The van der Waals surface area contributed by atoms with Crippen LogP contribution in [0.2, 0.25) is 5.02 Å². The number of ether oxygens (including phenoxy) is 1. The number of aromatic nitrogens is 3. The average Bonchev–Trinajstić information content (AvgIpc) is 3.20. The summed E-state index contributed by atoms with van der Waals surface area (Å²) in [6, 6.07) is 1.01. The number of carbonyl (C=O) groups excluding carboxylic acids is 1. The number of aliphatic hydroxyl groups is 1. The van der Waals surface area contributed by atoms with E-state index in [1.54, 1.807) is 6.92 Å². The van der Waals surface area contributed by atoms with E-state index >= 15 is 0 Å². The fraction of sp³-hybridized carbons (Fsp3) is 0.625. The molecule has 3 rings (SSSR count). The van der Waals surface area contributed by atoms with Crippen molar-refractivity contribution in [1.82, 2.24) is 20.1 Å². The first-order chi connectivity index (χ1) is 18.7. The van der Waals surface area contributed by atoms with Gasteiger partial charge in [0.2, 0.25) is 0 Å². The van der Waals surface area contributed by atoms with Crippen molar-refractivity contribution in [3.63, 3.8) is 0 Å². The van der Waals surface area contributed by atoms with Crippen molar-refractivity contribution in [3.8, 4) is 17.0 Å². The topological polar surface area (TPSA) is 123 Å². The third-order valence-electron chi connectivity index (χ3n) is 6.66. The van der Waals surface area contributed by atoms with Crippen LogP contribution in [0.5, 0.6) is 5.75 Å². The van der Waals surface area contributed by atoms with Gasteiger partial charge in [0.15, 0.2) is 5.69 Å². The van der Waals surface area contributed by atoms with Crippen molar-refractivity contribution in [3.05, 3.63) is 28.7 Å². The molecule has 1 atom stereocenters. The first kappa shape index (κ1) is 33.6. The Morgan fingerprint density at radius 1 is 1.32 bits per heavy atom. The quantitative estimate of drug-likeness (QED) is 0.382. The van der Waals surface area contributed by atoms with Crippen molar-refractivity contribution in [2.75, 3.05) is 6.54 Å². The number of nitrogens with zero attached hydrogens (tertiary/aromatic N) is 3. The van der Waals surface area contributed by atoms with E-state index in [-0.39, 0.29) is 40.8 Å². The van der Waals surface area contributed by atoms with E-state index in [1.807, 2.05) is 0 Å². The maximum atomic E-state index is 13.2. The number of pyridine rings is 1. The molecular weight excluding hydrogens is 587 g/mol. The van der Waals surface area contributed by atoms with Gasteiger partial charge >= 0.3 is 24.4 Å². The molecule has 0 spiro atoms. The molecule has 0 aliphatic heterocycles. The number of amides is 1. The summed E-state index contributed by atoms with van der Waals surface area (Å²) in [6.45, 7) is 1.65. The summed E-state index contributed by atoms with van der Waals surface area (Å²) in [5.41, 5.74) is -1.34. The van der Waals surface area contributed by atoms with Crippen LogP contribution in [0.15, 0.2) is 12.3 Å². The van der Waals surface area contributed by atoms with Gasteiger partial charge in [-0.15, -0.1) is 0 Å². The molecule has 224 valence electrons. The molecule has 2 N–H and O–H groups in total. The minimum atomic E-state index is -4.49. The number of hydrogen-bond acceptors (Lipinski definition) is 7. The molecule has 0 saturated heterocycles. The zero-order valence-electron chi connectivity index (χ0n) is 21.9. The average molecular weight is 617 g/mol. The van der Waals surface area contributed by atoms with Crippen LogP contribution in [0.25, 0.3) is 11.3 Å². The Kier molecular flexibility index (Phi) is 12.0. The third-order valence-corrected chi connectivity index (χ3v) is 7.02. The number of hydrogen-bond donors (Lipinski definition) is 2. The molecule has 1 aliphatic rings. The van der Waals surface area contributed by atoms with Gasteiger partial charge in [-0.2, -0.15) is 35.5 Å². The molecule has 0 bridgehead atoms. The van der Waals surface area contributed by atoms with Crippen molar-refractivity contribution in [1.29, 1.82) is 0 Å². The Hall–Kier alpha value is -2.65. The summed E-state index contributed by atoms with van der Waals surface area (Å²) in [5.74, 6) is -2.36. The second-order valence-electron chi connectivity index (χ2n) is 9.68. The predicted octanol–water partition coefficient (Wildman–Crippen LogP) is 4.96. The molecule has 2 aromatic heterocycles. The molecule has 0 radical (unpaired) electrons. The second-order valence-corrected chi connectivity index (χ2v) is 10.2. The standard InChI is InChI=1S/C24H30ClF5N4O3.O2S/c1-4-34-20(16-11-31-15(9-14(3)24(28,29)30)10-17(16)37-22(26)27)18(25)19(33-34)21(35)32-12-23(36)7-5-13(2)6-8-23;1-3-2/h10-11,13-14,22,36H,4-9,12H2,1-3H3,(H,32,35);/t13?,14-,23?;/m0./s1. The van der Waals surface area contributed by atoms with Crippen molar-refractivity contribution in [2.24, 2.45) is 11.8 Å². The van der Waals surface area contributed by atoms with E-state index in [9.17, 15) is 31.9 Å². The van der Waals surface area contributed by atoms with E-state index < -0.39 is 54.0 Å². The van der Waals surface area contributed by atoms with Crippen molar-refractivity contribution < 1.29 is 45.0 Å². The maximum absolute atomic E-state index is 13.2. The molecule has 40 heavy (non-hydrogen) atoms. The van der Waals surface area contributed by atoms with Gasteiger partial charge in [0, 0.05) is 37.5 Å². The highest BCUT2D eigenvalue weighted by Gasteiger charge is 2.37. The fourth-order valence-corrected chi connectivity index (χ4v) is 4.59. The third kappa shape index (κ3) is 8.93. The molecule has 16 heteroatoms. The van der Waals surface area contributed by atoms with Crippen LogP contribution < -0.4 is 10.1 Å². The first-order valence-corrected chi connectivity index (χ1v) is 13.4. The van der Waals surface area contributed by atoms with Crippen LogP contribution in [-0.4, -0.2) is 59.1 Å². The van der Waals surface area contributed by atoms with Crippen molar-refractivity contribution >= 4 is 29.1 Å². The van der Waals surface area contributed by atoms with E-state index in [2.05, 4.69) is 27.1 Å². The Morgan fingerprint density at radius 3 is 2.45 bits per heavy atom. The Balaban J connectivity index is 0.00000178. The largest absolute Gasteiger partial charge is 0.434 e. The lowest BCUT2D eigenvalue weighted by molar-refractivity contribution is -0.169. The first-order valence-electron chi connectivity index (χ1n) is 12.3. The smallest absolute Gasteiger partial charge is 0.391 e. The molecule has 9 nitrogen and oxygen atoms in total. The normalized spacial score (nSPS) is 19.9. The number of carbonyl (C=O) groups is 1. The summed E-state index contributed by atoms with van der Waals surface area (Å²) in [5, 5.41) is 17.4. The predicted molar refractivity (Wildman–Crippen MR) is 136 cm³/mol. The van der Waals surface area contributed by atoms with Gasteiger partial charge < -0.3 is 15.2 Å². The van der Waals surface area contributed by atoms with Crippen LogP contribution in [-0.2, 0) is 24.5 Å². The van der Waals surface area contributed by atoms with E-state index in [1.165, 1.54) is 4.68 Å². The lowest BCUT2D eigenvalue weighted by Gasteiger charge is -2.34. The Bertz CT molecular complexity index is 1200. The summed E-state index contributed by atoms with van der Waals surface area (Å²) in [4.78, 5) is 16.9. The lowest BCUT2D eigenvalue weighted by Crippen LogP contribution is -2.45. The molecule has 2 aromatic rings. The van der Waals surface area contributed by atoms with Gasteiger partial charge in [-0.25, -0.2) is 0 Å². The van der Waals surface area contributed by atoms with Crippen LogP contribution in [0.3, 0.4) is 0 Å². The van der Waals surface area contributed by atoms with Gasteiger partial charge in [-0.05, 0) is 38.5 Å². The van der Waals surface area contributed by atoms with Crippen LogP contribution in [0.1, 0.15) is 62.6 Å². The van der Waals surface area contributed by atoms with Gasteiger partial charge in [-0.1, -0.05) is 25.4 Å². The number of alkyl halides is 5. The number of nitrogens with one attached hydrogen (secondary N) is 1. The summed E-state index contributed by atoms with van der Waals surface area (Å²) in [6.07, 6.45) is -1.21. The maximum Gasteiger partial charge on any atom is 0.391 e. The van der Waals surface area contributed by atoms with E-state index in [4.69, 9.17) is 20.0 Å². The number of halogens is 6. The minimum Gasteiger partial charge on any atom is -0.434 e. The summed E-state index contributed by atoms with van der Waals surface area (Å²) >= 11 is 5.73. The molecule has 0 unspecified atom stereocenters. The summed E-state index contributed by atoms with van der Waals surface area (Å²) in [7, 11) is 0. The van der Waals surface area contributed by atoms with Gasteiger partial charge in [0.25, 0.3) is 5.91 Å². The van der Waals surface area contributed by atoms with Crippen LogP contribution >= 0.6 is 11.6 Å². The fourth-order valence-electron chi connectivity index (χ4n) is 4.27. The molecule has 1 amide bonds. The zero-order valence-corrected chi connectivity index (χ0v) is 23.5. The van der Waals surface area contributed by atoms with Crippen LogP contribution in [0, 0.1) is 11.8 Å². The highest BCUT2D eigenvalue weighted by molar-refractivity contribution is 7.51. The van der Waals surface area contributed by atoms with Gasteiger partial charge in [0.1, 0.15) is 5.75 Å². The van der Waals surface area contributed by atoms with Gasteiger partial charge in [0.05, 0.1) is 27.8 Å². The van der Waals surface area contributed by atoms with Crippen LogP contribution in [0.4, 0.5) is 22.0 Å². The van der Waals surface area contributed by atoms with E-state index in [0.717, 1.165) is 32.0 Å². The lowest BCUT2D eigenvalue weighted by atomic mass is 9.79. The molecule has 1 saturated carbocycles. The summed E-state index contributed by atoms with van der Waals surface area (Å²) < 4.78 is 87.8. The second kappa shape index (κ2) is 14.3. The van der Waals surface area contributed by atoms with Crippen molar-refractivity contribution in [2.45, 2.75) is 77.8 Å². The number of aryl methyl sites for hydroxylation is 1. The molecule has 0 aromatic carbocycles. The minimum absolute atomic E-state index is 0.00339. The number of rotatable bonds is 9. The SMILES string of the molecule is CCn1nc(C(=O)NCC2(O)CCC(C)CC2)c(Cl)c1-c1cnc(C[C@H](C)C(F)(F)F)cc1OC(F)F.O=S=O.